The lowest BCUT2D eigenvalue weighted by Crippen LogP contribution is -2.25. The molecule has 0 radical (unpaired) electrons. The first-order valence-corrected chi connectivity index (χ1v) is 12.9. The highest BCUT2D eigenvalue weighted by Crippen LogP contribution is 2.48. The Morgan fingerprint density at radius 1 is 0.632 bits per heavy atom. The van der Waals surface area contributed by atoms with E-state index in [1.54, 1.807) is 0 Å². The van der Waals surface area contributed by atoms with Gasteiger partial charge in [-0.2, -0.15) is 0 Å². The van der Waals surface area contributed by atoms with Crippen LogP contribution in [0, 0.1) is 0 Å². The number of hydrogen-bond donors (Lipinski definition) is 1. The molecule has 3 heterocycles. The molecule has 0 bridgehead atoms. The average Bonchev–Trinajstić information content (AvgIpc) is 3.26. The van der Waals surface area contributed by atoms with Gasteiger partial charge in [0.05, 0.1) is 16.4 Å². The van der Waals surface area contributed by atoms with Crippen LogP contribution in [0.5, 0.6) is 0 Å². The summed E-state index contributed by atoms with van der Waals surface area (Å²) < 4.78 is 7.96. The molecule has 1 aliphatic rings. The normalized spacial score (nSPS) is 14.1. The van der Waals surface area contributed by atoms with Crippen molar-refractivity contribution in [2.75, 3.05) is 5.32 Å². The quantitative estimate of drug-likeness (QED) is 0.185. The SMILES string of the molecule is CC1(C)c2ccccc2Nc2cc3c4ccccc4n(-c4ccc5c(c4)c(=O)oc4ccccc45)c3cc21. The van der Waals surface area contributed by atoms with E-state index in [1.807, 2.05) is 36.4 Å². The molecular weight excluding hydrogens is 468 g/mol. The molecule has 4 heteroatoms. The van der Waals surface area contributed by atoms with Crippen LogP contribution < -0.4 is 10.9 Å². The lowest BCUT2D eigenvalue weighted by Gasteiger charge is -2.35. The van der Waals surface area contributed by atoms with E-state index in [0.717, 1.165) is 38.9 Å². The third kappa shape index (κ3) is 2.77. The molecule has 0 saturated heterocycles. The Bertz CT molecular complexity index is 2160. The number of rotatable bonds is 1. The second-order valence-corrected chi connectivity index (χ2v) is 10.7. The molecule has 8 rings (SSSR count). The van der Waals surface area contributed by atoms with Gasteiger partial charge < -0.3 is 14.3 Å². The number of nitrogens with zero attached hydrogens (tertiary/aromatic N) is 1. The number of aromatic nitrogens is 1. The summed E-state index contributed by atoms with van der Waals surface area (Å²) in [6.45, 7) is 4.58. The van der Waals surface area contributed by atoms with Gasteiger partial charge in [-0.25, -0.2) is 4.79 Å². The molecule has 1 aliphatic heterocycles. The zero-order valence-electron chi connectivity index (χ0n) is 21.1. The number of hydrogen-bond acceptors (Lipinski definition) is 3. The van der Waals surface area contributed by atoms with E-state index in [9.17, 15) is 4.79 Å². The Morgan fingerprint density at radius 3 is 2.29 bits per heavy atom. The van der Waals surface area contributed by atoms with Crippen LogP contribution >= 0.6 is 0 Å². The Labute approximate surface area is 218 Å². The molecule has 0 atom stereocenters. The summed E-state index contributed by atoms with van der Waals surface area (Å²) in [7, 11) is 0. The molecule has 0 fully saturated rings. The molecular formula is C34H24N2O2. The first kappa shape index (κ1) is 21.3. The zero-order chi connectivity index (χ0) is 25.6. The van der Waals surface area contributed by atoms with Crippen LogP contribution in [0.15, 0.2) is 112 Å². The van der Waals surface area contributed by atoms with Gasteiger partial charge in [0.15, 0.2) is 0 Å². The summed E-state index contributed by atoms with van der Waals surface area (Å²) >= 11 is 0. The van der Waals surface area contributed by atoms with Gasteiger partial charge in [0, 0.05) is 44.0 Å². The maximum absolute atomic E-state index is 13.1. The summed E-state index contributed by atoms with van der Waals surface area (Å²) in [6, 6.07) is 35.4. The highest BCUT2D eigenvalue weighted by atomic mass is 16.4. The van der Waals surface area contributed by atoms with E-state index in [4.69, 9.17) is 4.42 Å². The number of benzene rings is 5. The van der Waals surface area contributed by atoms with Crippen molar-refractivity contribution in [3.63, 3.8) is 0 Å². The fourth-order valence-corrected chi connectivity index (χ4v) is 6.35. The van der Waals surface area contributed by atoms with Gasteiger partial charge in [-0.3, -0.25) is 0 Å². The molecule has 1 N–H and O–H groups in total. The molecule has 0 saturated carbocycles. The molecule has 0 amide bonds. The molecule has 38 heavy (non-hydrogen) atoms. The van der Waals surface area contributed by atoms with E-state index in [-0.39, 0.29) is 11.0 Å². The van der Waals surface area contributed by atoms with E-state index < -0.39 is 0 Å². The lowest BCUT2D eigenvalue weighted by atomic mass is 9.74. The number of fused-ring (bicyclic) bond motifs is 8. The van der Waals surface area contributed by atoms with Crippen molar-refractivity contribution < 1.29 is 4.42 Å². The summed E-state index contributed by atoms with van der Waals surface area (Å²) in [5.74, 6) is 0. The number of anilines is 2. The molecule has 4 nitrogen and oxygen atoms in total. The van der Waals surface area contributed by atoms with Crippen molar-refractivity contribution in [1.29, 1.82) is 0 Å². The summed E-state index contributed by atoms with van der Waals surface area (Å²) in [6.07, 6.45) is 0. The van der Waals surface area contributed by atoms with Gasteiger partial charge in [-0.15, -0.1) is 0 Å². The standard InChI is InChI=1S/C34H24N2O2/c1-34(2)26-11-5-6-12-28(26)35-29-18-24-22-9-3-7-13-30(22)36(31(24)19-27(29)34)20-15-16-21-23-10-4-8-14-32(23)38-33(37)25(21)17-20/h3-19,35H,1-2H3. The summed E-state index contributed by atoms with van der Waals surface area (Å²) in [4.78, 5) is 13.1. The second kappa shape index (κ2) is 7.36. The monoisotopic (exact) mass is 492 g/mol. The summed E-state index contributed by atoms with van der Waals surface area (Å²) in [5, 5.41) is 8.47. The fraction of sp³-hybridized carbons (Fsp3) is 0.0882. The van der Waals surface area contributed by atoms with E-state index in [1.165, 1.54) is 21.9 Å². The molecule has 5 aromatic carbocycles. The third-order valence-corrected chi connectivity index (χ3v) is 8.22. The average molecular weight is 493 g/mol. The molecule has 0 aliphatic carbocycles. The largest absolute Gasteiger partial charge is 0.422 e. The highest BCUT2D eigenvalue weighted by Gasteiger charge is 2.33. The van der Waals surface area contributed by atoms with Gasteiger partial charge in [0.2, 0.25) is 0 Å². The molecule has 0 spiro atoms. The highest BCUT2D eigenvalue weighted by molar-refractivity contribution is 6.12. The Hall–Kier alpha value is -4.83. The van der Waals surface area contributed by atoms with E-state index in [2.05, 4.69) is 90.5 Å². The molecule has 0 unspecified atom stereocenters. The first-order valence-electron chi connectivity index (χ1n) is 12.9. The molecule has 2 aromatic heterocycles. The van der Waals surface area contributed by atoms with Crippen molar-refractivity contribution in [2.24, 2.45) is 0 Å². The van der Waals surface area contributed by atoms with Crippen molar-refractivity contribution >= 4 is 54.9 Å². The second-order valence-electron chi connectivity index (χ2n) is 10.7. The maximum Gasteiger partial charge on any atom is 0.344 e. The van der Waals surface area contributed by atoms with Gasteiger partial charge in [-0.05, 0) is 53.6 Å². The summed E-state index contributed by atoms with van der Waals surface area (Å²) in [5.41, 5.74) is 8.09. The minimum absolute atomic E-state index is 0.171. The van der Waals surface area contributed by atoms with Gasteiger partial charge in [0.25, 0.3) is 0 Å². The minimum atomic E-state index is -0.319. The smallest absolute Gasteiger partial charge is 0.344 e. The van der Waals surface area contributed by atoms with E-state index in [0.29, 0.717) is 11.0 Å². The zero-order valence-corrected chi connectivity index (χ0v) is 21.1. The first-order chi connectivity index (χ1) is 18.5. The van der Waals surface area contributed by atoms with Crippen molar-refractivity contribution in [1.82, 2.24) is 4.57 Å². The molecule has 182 valence electrons. The third-order valence-electron chi connectivity index (χ3n) is 8.22. The van der Waals surface area contributed by atoms with Crippen LogP contribution in [0.2, 0.25) is 0 Å². The topological polar surface area (TPSA) is 47.2 Å². The van der Waals surface area contributed by atoms with Crippen LogP contribution in [0.1, 0.15) is 25.0 Å². The van der Waals surface area contributed by atoms with Crippen molar-refractivity contribution in [2.45, 2.75) is 19.3 Å². The number of para-hydroxylation sites is 3. The molecule has 7 aromatic rings. The van der Waals surface area contributed by atoms with Crippen molar-refractivity contribution in [3.05, 3.63) is 125 Å². The lowest BCUT2D eigenvalue weighted by molar-refractivity contribution is 0.569. The number of nitrogens with one attached hydrogen (secondary N) is 1. The minimum Gasteiger partial charge on any atom is -0.422 e. The predicted molar refractivity (Wildman–Crippen MR) is 156 cm³/mol. The van der Waals surface area contributed by atoms with Crippen LogP contribution in [-0.2, 0) is 5.41 Å². The van der Waals surface area contributed by atoms with Gasteiger partial charge >= 0.3 is 5.63 Å². The van der Waals surface area contributed by atoms with Gasteiger partial charge in [-0.1, -0.05) is 74.5 Å². The van der Waals surface area contributed by atoms with E-state index >= 15 is 0 Å². The van der Waals surface area contributed by atoms with Gasteiger partial charge in [0.1, 0.15) is 5.58 Å². The van der Waals surface area contributed by atoms with Crippen LogP contribution in [0.25, 0.3) is 49.2 Å². The Morgan fingerprint density at radius 2 is 1.39 bits per heavy atom. The Balaban J connectivity index is 1.45. The van der Waals surface area contributed by atoms with Crippen LogP contribution in [0.3, 0.4) is 0 Å². The fourth-order valence-electron chi connectivity index (χ4n) is 6.35. The predicted octanol–water partition coefficient (Wildman–Crippen LogP) is 8.43. The maximum atomic E-state index is 13.1. The van der Waals surface area contributed by atoms with Crippen LogP contribution in [0.4, 0.5) is 11.4 Å². The Kier molecular flexibility index (Phi) is 4.12. The van der Waals surface area contributed by atoms with Crippen molar-refractivity contribution in [3.8, 4) is 5.69 Å². The van der Waals surface area contributed by atoms with Crippen LogP contribution in [-0.4, -0.2) is 4.57 Å².